The van der Waals surface area contributed by atoms with Gasteiger partial charge in [-0.3, -0.25) is 14.3 Å². The molecule has 2 unspecified atom stereocenters. The van der Waals surface area contributed by atoms with Crippen molar-refractivity contribution in [3.05, 3.63) is 52.8 Å². The third-order valence-corrected chi connectivity index (χ3v) is 5.41. The minimum Gasteiger partial charge on any atom is -0.347 e. The molecule has 1 aliphatic carbocycles. The van der Waals surface area contributed by atoms with Crippen molar-refractivity contribution in [2.75, 3.05) is 0 Å². The van der Waals surface area contributed by atoms with Crippen LogP contribution in [0.15, 0.2) is 30.5 Å². The summed E-state index contributed by atoms with van der Waals surface area (Å²) in [6.45, 7) is 6.01. The number of fused-ring (bicyclic) bond motifs is 1. The summed E-state index contributed by atoms with van der Waals surface area (Å²) >= 11 is 0. The molecule has 2 aromatic rings. The van der Waals surface area contributed by atoms with E-state index in [4.69, 9.17) is 0 Å². The molecule has 6 nitrogen and oxygen atoms in total. The highest BCUT2D eigenvalue weighted by Gasteiger charge is 2.29. The molecular formula is C22H30N4O2. The van der Waals surface area contributed by atoms with Gasteiger partial charge in [-0.05, 0) is 50.2 Å². The van der Waals surface area contributed by atoms with Gasteiger partial charge in [0.15, 0.2) is 0 Å². The van der Waals surface area contributed by atoms with E-state index in [-0.39, 0.29) is 23.8 Å². The number of carbonyl (C=O) groups is 2. The fourth-order valence-corrected chi connectivity index (χ4v) is 3.90. The number of hydrogen-bond donors (Lipinski definition) is 2. The Morgan fingerprint density at radius 1 is 1.29 bits per heavy atom. The summed E-state index contributed by atoms with van der Waals surface area (Å²) in [7, 11) is 1.94. The molecule has 3 rings (SSSR count). The maximum atomic E-state index is 13.1. The monoisotopic (exact) mass is 382 g/mol. The van der Waals surface area contributed by atoms with Crippen LogP contribution in [-0.4, -0.2) is 27.6 Å². The molecule has 150 valence electrons. The molecule has 1 heterocycles. The first kappa shape index (κ1) is 20.1. The molecule has 0 radical (unpaired) electrons. The fourth-order valence-electron chi connectivity index (χ4n) is 3.90. The number of nitrogens with one attached hydrogen (secondary N) is 2. The van der Waals surface area contributed by atoms with E-state index in [0.717, 1.165) is 30.4 Å². The van der Waals surface area contributed by atoms with Crippen molar-refractivity contribution in [1.29, 1.82) is 0 Å². The SMILES string of the molecule is Cc1ccccc1C(=O)NC(CC(C)C)C(=O)NC1CCCc2c1cnn2C. The molecule has 0 fully saturated rings. The molecule has 1 aromatic carbocycles. The quantitative estimate of drug-likeness (QED) is 0.806. The summed E-state index contributed by atoms with van der Waals surface area (Å²) in [5, 5.41) is 10.5. The molecule has 0 saturated heterocycles. The van der Waals surface area contributed by atoms with Crippen molar-refractivity contribution in [3.63, 3.8) is 0 Å². The average molecular weight is 383 g/mol. The van der Waals surface area contributed by atoms with Gasteiger partial charge in [-0.15, -0.1) is 0 Å². The lowest BCUT2D eigenvalue weighted by atomic mass is 9.92. The van der Waals surface area contributed by atoms with Crippen molar-refractivity contribution in [2.45, 2.75) is 58.5 Å². The Morgan fingerprint density at radius 2 is 2.04 bits per heavy atom. The summed E-state index contributed by atoms with van der Waals surface area (Å²) in [6.07, 6.45) is 5.34. The largest absolute Gasteiger partial charge is 0.347 e. The van der Waals surface area contributed by atoms with Crippen LogP contribution >= 0.6 is 0 Å². The van der Waals surface area contributed by atoms with E-state index in [1.165, 1.54) is 5.69 Å². The smallest absolute Gasteiger partial charge is 0.252 e. The lowest BCUT2D eigenvalue weighted by Crippen LogP contribution is -2.48. The number of amides is 2. The zero-order valence-corrected chi connectivity index (χ0v) is 17.2. The van der Waals surface area contributed by atoms with E-state index in [9.17, 15) is 9.59 Å². The minimum absolute atomic E-state index is 0.0463. The van der Waals surface area contributed by atoms with Crippen LogP contribution in [0, 0.1) is 12.8 Å². The van der Waals surface area contributed by atoms with Crippen molar-refractivity contribution in [2.24, 2.45) is 13.0 Å². The van der Waals surface area contributed by atoms with Gasteiger partial charge in [0.05, 0.1) is 12.2 Å². The summed E-state index contributed by atoms with van der Waals surface area (Å²) in [5.74, 6) is -0.0461. The molecule has 0 bridgehead atoms. The lowest BCUT2D eigenvalue weighted by Gasteiger charge is -2.27. The highest BCUT2D eigenvalue weighted by Crippen LogP contribution is 2.29. The van der Waals surface area contributed by atoms with Gasteiger partial charge in [0, 0.05) is 23.9 Å². The zero-order chi connectivity index (χ0) is 20.3. The molecule has 2 amide bonds. The van der Waals surface area contributed by atoms with E-state index in [0.29, 0.717) is 12.0 Å². The molecule has 28 heavy (non-hydrogen) atoms. The Balaban J connectivity index is 1.74. The van der Waals surface area contributed by atoms with Gasteiger partial charge in [0.25, 0.3) is 5.91 Å². The maximum absolute atomic E-state index is 13.1. The first-order valence-corrected chi connectivity index (χ1v) is 10.0. The van der Waals surface area contributed by atoms with Crippen LogP contribution in [0.25, 0.3) is 0 Å². The summed E-state index contributed by atoms with van der Waals surface area (Å²) in [6, 6.07) is 6.82. The molecule has 6 heteroatoms. The molecule has 2 N–H and O–H groups in total. The van der Waals surface area contributed by atoms with Crippen LogP contribution < -0.4 is 10.6 Å². The first-order valence-electron chi connectivity index (χ1n) is 10.0. The second-order valence-electron chi connectivity index (χ2n) is 8.09. The van der Waals surface area contributed by atoms with Gasteiger partial charge in [-0.25, -0.2) is 0 Å². The third kappa shape index (κ3) is 4.43. The Morgan fingerprint density at radius 3 is 2.75 bits per heavy atom. The summed E-state index contributed by atoms with van der Waals surface area (Å²) < 4.78 is 1.89. The number of aryl methyl sites for hydroxylation is 2. The van der Waals surface area contributed by atoms with Crippen molar-refractivity contribution < 1.29 is 9.59 Å². The maximum Gasteiger partial charge on any atom is 0.252 e. The van der Waals surface area contributed by atoms with E-state index >= 15 is 0 Å². The highest BCUT2D eigenvalue weighted by molar-refractivity contribution is 5.98. The van der Waals surface area contributed by atoms with Gasteiger partial charge >= 0.3 is 0 Å². The summed E-state index contributed by atoms with van der Waals surface area (Å²) in [4.78, 5) is 25.8. The van der Waals surface area contributed by atoms with Crippen LogP contribution in [0.3, 0.4) is 0 Å². The first-order chi connectivity index (χ1) is 13.4. The van der Waals surface area contributed by atoms with Gasteiger partial charge in [0.2, 0.25) is 5.91 Å². The molecule has 0 aliphatic heterocycles. The van der Waals surface area contributed by atoms with Crippen LogP contribution in [0.2, 0.25) is 0 Å². The van der Waals surface area contributed by atoms with Gasteiger partial charge < -0.3 is 10.6 Å². The number of nitrogens with zero attached hydrogens (tertiary/aromatic N) is 2. The van der Waals surface area contributed by atoms with E-state index < -0.39 is 6.04 Å². The second kappa shape index (κ2) is 8.59. The predicted molar refractivity (Wildman–Crippen MR) is 109 cm³/mol. The molecule has 0 spiro atoms. The summed E-state index contributed by atoms with van der Waals surface area (Å²) in [5.41, 5.74) is 3.78. The van der Waals surface area contributed by atoms with E-state index in [1.54, 1.807) is 6.07 Å². The Hall–Kier alpha value is -2.63. The Bertz CT molecular complexity index is 856. The third-order valence-electron chi connectivity index (χ3n) is 5.41. The second-order valence-corrected chi connectivity index (χ2v) is 8.09. The van der Waals surface area contributed by atoms with Crippen molar-refractivity contribution in [1.82, 2.24) is 20.4 Å². The van der Waals surface area contributed by atoms with Crippen LogP contribution in [-0.2, 0) is 18.3 Å². The average Bonchev–Trinajstić information content (AvgIpc) is 3.03. The molecule has 2 atom stereocenters. The van der Waals surface area contributed by atoms with Gasteiger partial charge in [0.1, 0.15) is 6.04 Å². The number of benzene rings is 1. The number of aromatic nitrogens is 2. The number of carbonyl (C=O) groups excluding carboxylic acids is 2. The van der Waals surface area contributed by atoms with Crippen LogP contribution in [0.5, 0.6) is 0 Å². The number of rotatable bonds is 6. The number of hydrogen-bond acceptors (Lipinski definition) is 3. The Kier molecular flexibility index (Phi) is 6.17. The van der Waals surface area contributed by atoms with Crippen molar-refractivity contribution >= 4 is 11.8 Å². The highest BCUT2D eigenvalue weighted by atomic mass is 16.2. The standard InChI is InChI=1S/C22H30N4O2/c1-14(2)12-19(25-21(27)16-9-6-5-8-15(16)3)22(28)24-18-10-7-11-20-17(18)13-23-26(20)4/h5-6,8-9,13-14,18-19H,7,10-12H2,1-4H3,(H,24,28)(H,25,27). The van der Waals surface area contributed by atoms with Gasteiger partial charge in [-0.1, -0.05) is 32.0 Å². The van der Waals surface area contributed by atoms with E-state index in [1.807, 2.05) is 43.0 Å². The Labute approximate surface area is 166 Å². The van der Waals surface area contributed by atoms with Crippen LogP contribution in [0.4, 0.5) is 0 Å². The fraction of sp³-hybridized carbons (Fsp3) is 0.500. The van der Waals surface area contributed by atoms with E-state index in [2.05, 4.69) is 29.6 Å². The molecule has 0 saturated carbocycles. The van der Waals surface area contributed by atoms with Crippen molar-refractivity contribution in [3.8, 4) is 0 Å². The zero-order valence-electron chi connectivity index (χ0n) is 17.2. The topological polar surface area (TPSA) is 76.0 Å². The van der Waals surface area contributed by atoms with Gasteiger partial charge in [-0.2, -0.15) is 5.10 Å². The molecular weight excluding hydrogens is 352 g/mol. The predicted octanol–water partition coefficient (Wildman–Crippen LogP) is 3.07. The lowest BCUT2D eigenvalue weighted by molar-refractivity contribution is -0.124. The normalized spacial score (nSPS) is 17.1. The molecule has 1 aromatic heterocycles. The van der Waals surface area contributed by atoms with Crippen LogP contribution in [0.1, 0.15) is 66.3 Å². The minimum atomic E-state index is -0.561. The molecule has 1 aliphatic rings.